The second kappa shape index (κ2) is 7.72. The van der Waals surface area contributed by atoms with Gasteiger partial charge in [-0.1, -0.05) is 36.4 Å². The lowest BCUT2D eigenvalue weighted by Crippen LogP contribution is -2.20. The van der Waals surface area contributed by atoms with Crippen molar-refractivity contribution in [2.24, 2.45) is 0 Å². The lowest BCUT2D eigenvalue weighted by atomic mass is 10.1. The predicted octanol–water partition coefficient (Wildman–Crippen LogP) is 5.04. The summed E-state index contributed by atoms with van der Waals surface area (Å²) in [6, 6.07) is 15.0. The van der Waals surface area contributed by atoms with Crippen molar-refractivity contribution in [2.75, 3.05) is 19.0 Å². The molecule has 0 saturated heterocycles. The first-order valence-corrected chi connectivity index (χ1v) is 11.1. The van der Waals surface area contributed by atoms with Crippen LogP contribution in [0.2, 0.25) is 0 Å². The van der Waals surface area contributed by atoms with E-state index in [9.17, 15) is 14.9 Å². The van der Waals surface area contributed by atoms with Gasteiger partial charge in [-0.15, -0.1) is 11.3 Å². The fraction of sp³-hybridized carbons (Fsp3) is 0.167. The summed E-state index contributed by atoms with van der Waals surface area (Å²) in [4.78, 5) is 31.7. The Morgan fingerprint density at radius 2 is 1.97 bits per heavy atom. The molecule has 0 radical (unpaired) electrons. The Morgan fingerprint density at radius 1 is 1.19 bits per heavy atom. The molecule has 0 N–H and O–H groups in total. The molecule has 5 rings (SSSR count). The fourth-order valence-electron chi connectivity index (χ4n) is 4.14. The highest BCUT2D eigenvalue weighted by atomic mass is 32.1. The highest BCUT2D eigenvalue weighted by Gasteiger charge is 2.24. The number of benzene rings is 2. The van der Waals surface area contributed by atoms with Gasteiger partial charge in [0.05, 0.1) is 10.3 Å². The van der Waals surface area contributed by atoms with Crippen LogP contribution in [-0.4, -0.2) is 28.6 Å². The number of aromatic nitrogens is 2. The quantitative estimate of drug-likeness (QED) is 0.325. The van der Waals surface area contributed by atoms with Crippen LogP contribution in [0.15, 0.2) is 58.7 Å². The van der Waals surface area contributed by atoms with Gasteiger partial charge in [0.25, 0.3) is 11.2 Å². The first-order chi connectivity index (χ1) is 15.4. The number of fused-ring (bicyclic) bond motifs is 2. The molecular weight excluding hydrogens is 424 g/mol. The van der Waals surface area contributed by atoms with E-state index in [0.717, 1.165) is 22.3 Å². The van der Waals surface area contributed by atoms with Gasteiger partial charge in [0.15, 0.2) is 0 Å². The molecule has 0 bridgehead atoms. The number of thiophene rings is 1. The molecule has 1 aliphatic heterocycles. The number of anilines is 1. The Kier molecular flexibility index (Phi) is 4.86. The SMILES string of the molecule is CN(C)c1ccc(/C=C2\CCn3c2nc2scc(-c4ccccc4)c2c3=O)cc1[N+](=O)[O-]. The van der Waals surface area contributed by atoms with Gasteiger partial charge >= 0.3 is 0 Å². The van der Waals surface area contributed by atoms with Crippen molar-refractivity contribution in [3.63, 3.8) is 0 Å². The summed E-state index contributed by atoms with van der Waals surface area (Å²) >= 11 is 1.46. The summed E-state index contributed by atoms with van der Waals surface area (Å²) in [6.45, 7) is 0.547. The van der Waals surface area contributed by atoms with E-state index in [-0.39, 0.29) is 16.2 Å². The number of nitro groups is 1. The number of nitrogens with zero attached hydrogens (tertiary/aromatic N) is 4. The lowest BCUT2D eigenvalue weighted by molar-refractivity contribution is -0.384. The second-order valence-electron chi connectivity index (χ2n) is 7.91. The molecule has 0 spiro atoms. The zero-order valence-electron chi connectivity index (χ0n) is 17.6. The fourth-order valence-corrected chi connectivity index (χ4v) is 5.08. The summed E-state index contributed by atoms with van der Waals surface area (Å²) in [6.07, 6.45) is 2.55. The summed E-state index contributed by atoms with van der Waals surface area (Å²) in [5.74, 6) is 0.642. The van der Waals surface area contributed by atoms with Crippen molar-refractivity contribution in [3.05, 3.63) is 85.8 Å². The van der Waals surface area contributed by atoms with Crippen LogP contribution in [0.4, 0.5) is 11.4 Å². The van der Waals surface area contributed by atoms with Crippen molar-refractivity contribution in [1.29, 1.82) is 0 Å². The Labute approximate surface area is 188 Å². The lowest BCUT2D eigenvalue weighted by Gasteiger charge is -2.12. The molecule has 1 aliphatic rings. The molecule has 2 aromatic carbocycles. The maximum atomic E-state index is 13.3. The molecule has 2 aromatic heterocycles. The van der Waals surface area contributed by atoms with Crippen LogP contribution >= 0.6 is 11.3 Å². The van der Waals surface area contributed by atoms with Gasteiger partial charge in [-0.25, -0.2) is 4.98 Å². The van der Waals surface area contributed by atoms with Crippen LogP contribution in [0, 0.1) is 10.1 Å². The third kappa shape index (κ3) is 3.29. The Morgan fingerprint density at radius 3 is 2.69 bits per heavy atom. The maximum Gasteiger partial charge on any atom is 0.293 e. The first kappa shape index (κ1) is 20.1. The molecular formula is C24H20N4O3S. The largest absolute Gasteiger partial charge is 0.372 e. The number of hydrogen-bond donors (Lipinski definition) is 0. The summed E-state index contributed by atoms with van der Waals surface area (Å²) in [7, 11) is 3.56. The first-order valence-electron chi connectivity index (χ1n) is 10.2. The second-order valence-corrected chi connectivity index (χ2v) is 8.77. The Hall–Kier alpha value is -3.78. The Bertz CT molecular complexity index is 1450. The molecule has 0 unspecified atom stereocenters. The standard InChI is InChI=1S/C24H20N4O3S/c1-26(2)19-9-8-15(13-20(19)28(30)31)12-17-10-11-27-22(17)25-23-21(24(27)29)18(14-32-23)16-6-4-3-5-7-16/h3-9,12-14H,10-11H2,1-2H3/b17-12+. The average molecular weight is 445 g/mol. The molecule has 32 heavy (non-hydrogen) atoms. The van der Waals surface area contributed by atoms with Crippen molar-refractivity contribution >= 4 is 44.6 Å². The third-order valence-corrected chi connectivity index (χ3v) is 6.56. The maximum absolute atomic E-state index is 13.3. The zero-order valence-corrected chi connectivity index (χ0v) is 18.4. The van der Waals surface area contributed by atoms with Crippen LogP contribution in [-0.2, 0) is 6.54 Å². The highest BCUT2D eigenvalue weighted by Crippen LogP contribution is 2.35. The van der Waals surface area contributed by atoms with E-state index < -0.39 is 0 Å². The van der Waals surface area contributed by atoms with Crippen molar-refractivity contribution < 1.29 is 4.92 Å². The molecule has 4 aromatic rings. The van der Waals surface area contributed by atoms with Gasteiger partial charge < -0.3 is 4.90 Å². The topological polar surface area (TPSA) is 81.3 Å². The van der Waals surface area contributed by atoms with Gasteiger partial charge in [-0.3, -0.25) is 19.5 Å². The highest BCUT2D eigenvalue weighted by molar-refractivity contribution is 7.17. The van der Waals surface area contributed by atoms with Gasteiger partial charge in [0, 0.05) is 37.6 Å². The van der Waals surface area contributed by atoms with E-state index >= 15 is 0 Å². The van der Waals surface area contributed by atoms with Gasteiger partial charge in [0.2, 0.25) is 0 Å². The van der Waals surface area contributed by atoms with Gasteiger partial charge in [-0.05, 0) is 35.3 Å². The molecule has 7 nitrogen and oxygen atoms in total. The van der Waals surface area contributed by atoms with Crippen LogP contribution in [0.25, 0.3) is 33.0 Å². The summed E-state index contributed by atoms with van der Waals surface area (Å²) in [5.41, 5.74) is 4.09. The molecule has 0 fully saturated rings. The van der Waals surface area contributed by atoms with Crippen molar-refractivity contribution in [3.8, 4) is 11.1 Å². The van der Waals surface area contributed by atoms with Gasteiger partial charge in [-0.2, -0.15) is 0 Å². The van der Waals surface area contributed by atoms with Crippen molar-refractivity contribution in [1.82, 2.24) is 9.55 Å². The number of nitro benzene ring substituents is 1. The summed E-state index contributed by atoms with van der Waals surface area (Å²) < 4.78 is 1.72. The number of allylic oxidation sites excluding steroid dienone is 1. The summed E-state index contributed by atoms with van der Waals surface area (Å²) in [5, 5.41) is 14.2. The molecule has 0 atom stereocenters. The molecule has 8 heteroatoms. The van der Waals surface area contributed by atoms with Crippen LogP contribution in [0.3, 0.4) is 0 Å². The normalized spacial score (nSPS) is 14.1. The molecule has 0 amide bonds. The smallest absolute Gasteiger partial charge is 0.293 e. The van der Waals surface area contributed by atoms with E-state index in [4.69, 9.17) is 4.98 Å². The minimum absolute atomic E-state index is 0.0394. The number of rotatable bonds is 4. The van der Waals surface area contributed by atoms with E-state index in [1.165, 1.54) is 11.3 Å². The van der Waals surface area contributed by atoms with E-state index in [1.807, 2.05) is 47.9 Å². The van der Waals surface area contributed by atoms with E-state index in [1.54, 1.807) is 35.7 Å². The van der Waals surface area contributed by atoms with Crippen LogP contribution < -0.4 is 10.5 Å². The van der Waals surface area contributed by atoms with Crippen LogP contribution in [0.1, 0.15) is 17.8 Å². The van der Waals surface area contributed by atoms with E-state index in [0.29, 0.717) is 34.7 Å². The van der Waals surface area contributed by atoms with Crippen molar-refractivity contribution in [2.45, 2.75) is 13.0 Å². The minimum Gasteiger partial charge on any atom is -0.372 e. The zero-order chi connectivity index (χ0) is 22.4. The predicted molar refractivity (Wildman–Crippen MR) is 129 cm³/mol. The molecule has 3 heterocycles. The Balaban J connectivity index is 1.61. The number of hydrogen-bond acceptors (Lipinski definition) is 6. The monoisotopic (exact) mass is 444 g/mol. The van der Waals surface area contributed by atoms with E-state index in [2.05, 4.69) is 0 Å². The van der Waals surface area contributed by atoms with Gasteiger partial charge in [0.1, 0.15) is 16.3 Å². The molecule has 0 saturated carbocycles. The molecule has 0 aliphatic carbocycles. The molecule has 160 valence electrons. The third-order valence-electron chi connectivity index (χ3n) is 5.69. The minimum atomic E-state index is -0.372. The van der Waals surface area contributed by atoms with Crippen LogP contribution in [0.5, 0.6) is 0 Å². The average Bonchev–Trinajstić information content (AvgIpc) is 3.39.